The summed E-state index contributed by atoms with van der Waals surface area (Å²) in [7, 11) is 1.29. The number of carbonyl (C=O) groups is 2. The van der Waals surface area contributed by atoms with E-state index in [9.17, 15) is 19.2 Å². The van der Waals surface area contributed by atoms with E-state index in [1.807, 2.05) is 11.8 Å². The molecule has 0 bridgehead atoms. The predicted octanol–water partition coefficient (Wildman–Crippen LogP) is -1.26. The van der Waals surface area contributed by atoms with Gasteiger partial charge in [0, 0.05) is 25.3 Å². The van der Waals surface area contributed by atoms with Crippen LogP contribution in [0.4, 0.5) is 0 Å². The first-order valence-electron chi connectivity index (χ1n) is 7.38. The number of aliphatic carboxylic acids is 1. The van der Waals surface area contributed by atoms with Crippen LogP contribution in [-0.4, -0.2) is 56.6 Å². The molecule has 1 fully saturated rings. The van der Waals surface area contributed by atoms with Crippen LogP contribution in [0.2, 0.25) is 0 Å². The molecule has 1 aromatic rings. The number of likely N-dealkylation sites (N-methyl/N-ethyl adjacent to an activating group) is 1. The predicted molar refractivity (Wildman–Crippen MR) is 81.5 cm³/mol. The monoisotopic (exact) mass is 324 g/mol. The molecule has 3 N–H and O–H groups in total. The average Bonchev–Trinajstić information content (AvgIpc) is 2.45. The van der Waals surface area contributed by atoms with Gasteiger partial charge in [-0.25, -0.2) is 4.79 Å². The van der Waals surface area contributed by atoms with E-state index in [0.717, 1.165) is 10.8 Å². The molecule has 0 saturated heterocycles. The average molecular weight is 324 g/mol. The van der Waals surface area contributed by atoms with Gasteiger partial charge < -0.3 is 15.4 Å². The molecule has 1 saturated carbocycles. The number of carbonyl (C=O) groups excluding carboxylic acids is 1. The van der Waals surface area contributed by atoms with E-state index in [1.54, 1.807) is 0 Å². The normalized spacial score (nSPS) is 20.1. The number of amides is 1. The number of carboxylic acid groups (broad SMARTS) is 1. The first kappa shape index (κ1) is 16.9. The number of nitrogens with one attached hydrogen (secondary N) is 2. The Hall–Kier alpha value is -2.42. The summed E-state index contributed by atoms with van der Waals surface area (Å²) in [5.41, 5.74) is -1.35. The Bertz CT molecular complexity index is 717. The highest BCUT2D eigenvalue weighted by molar-refractivity contribution is 5.93. The van der Waals surface area contributed by atoms with Gasteiger partial charge in [-0.3, -0.25) is 23.9 Å². The number of carboxylic acids is 1. The Morgan fingerprint density at radius 1 is 1.43 bits per heavy atom. The Labute approximate surface area is 131 Å². The molecule has 1 aliphatic rings. The minimum absolute atomic E-state index is 0.0255. The van der Waals surface area contributed by atoms with Gasteiger partial charge in [0.1, 0.15) is 5.56 Å². The highest BCUT2D eigenvalue weighted by Crippen LogP contribution is 2.25. The number of nitrogens with zero attached hydrogens (tertiary/aromatic N) is 2. The highest BCUT2D eigenvalue weighted by atomic mass is 16.4. The molecule has 0 spiro atoms. The van der Waals surface area contributed by atoms with E-state index in [2.05, 4.69) is 10.3 Å². The largest absolute Gasteiger partial charge is 0.480 e. The second-order valence-corrected chi connectivity index (χ2v) is 5.62. The molecule has 0 aromatic carbocycles. The van der Waals surface area contributed by atoms with Crippen molar-refractivity contribution in [2.24, 2.45) is 7.05 Å². The van der Waals surface area contributed by atoms with Gasteiger partial charge in [0.25, 0.3) is 11.5 Å². The summed E-state index contributed by atoms with van der Waals surface area (Å²) in [4.78, 5) is 50.2. The lowest BCUT2D eigenvalue weighted by atomic mass is 9.85. The highest BCUT2D eigenvalue weighted by Gasteiger charge is 2.35. The fraction of sp³-hybridized carbons (Fsp3) is 0.571. The summed E-state index contributed by atoms with van der Waals surface area (Å²) in [6.45, 7) is 2.49. The van der Waals surface area contributed by atoms with Crippen molar-refractivity contribution < 1.29 is 14.7 Å². The Morgan fingerprint density at radius 2 is 2.09 bits per heavy atom. The third-order valence-corrected chi connectivity index (χ3v) is 4.13. The fourth-order valence-corrected chi connectivity index (χ4v) is 2.67. The molecule has 0 unspecified atom stereocenters. The number of aromatic amines is 1. The number of H-pyrrole nitrogens is 1. The molecule has 126 valence electrons. The van der Waals surface area contributed by atoms with Crippen molar-refractivity contribution >= 4 is 11.9 Å². The maximum absolute atomic E-state index is 12.1. The van der Waals surface area contributed by atoms with E-state index in [1.165, 1.54) is 7.05 Å². The molecule has 23 heavy (non-hydrogen) atoms. The zero-order chi connectivity index (χ0) is 17.1. The molecule has 0 aliphatic heterocycles. The number of hydrogen-bond donors (Lipinski definition) is 3. The van der Waals surface area contributed by atoms with Gasteiger partial charge >= 0.3 is 11.7 Å². The Kier molecular flexibility index (Phi) is 4.99. The summed E-state index contributed by atoms with van der Waals surface area (Å²) in [5.74, 6) is -1.41. The van der Waals surface area contributed by atoms with Crippen molar-refractivity contribution in [1.82, 2.24) is 19.8 Å². The SMILES string of the molecule is CCN(CC(=O)O)C1CC(NC(=O)c2c[nH]c(=O)n(C)c2=O)C1. The summed E-state index contributed by atoms with van der Waals surface area (Å²) in [5, 5.41) is 11.6. The summed E-state index contributed by atoms with van der Waals surface area (Å²) >= 11 is 0. The van der Waals surface area contributed by atoms with E-state index in [-0.39, 0.29) is 24.2 Å². The molecule has 1 heterocycles. The quantitative estimate of drug-likeness (QED) is 0.600. The molecule has 0 atom stereocenters. The van der Waals surface area contributed by atoms with Crippen LogP contribution in [0.15, 0.2) is 15.8 Å². The molecule has 9 nitrogen and oxygen atoms in total. The smallest absolute Gasteiger partial charge is 0.328 e. The van der Waals surface area contributed by atoms with Crippen LogP contribution in [0.1, 0.15) is 30.1 Å². The minimum Gasteiger partial charge on any atom is -0.480 e. The number of aromatic nitrogens is 2. The van der Waals surface area contributed by atoms with E-state index in [0.29, 0.717) is 19.4 Å². The fourth-order valence-electron chi connectivity index (χ4n) is 2.67. The molecule has 9 heteroatoms. The van der Waals surface area contributed by atoms with Crippen molar-refractivity contribution in [3.8, 4) is 0 Å². The van der Waals surface area contributed by atoms with Crippen LogP contribution < -0.4 is 16.6 Å². The summed E-state index contributed by atoms with van der Waals surface area (Å²) < 4.78 is 0.837. The minimum atomic E-state index is -0.879. The van der Waals surface area contributed by atoms with Crippen LogP contribution in [0.3, 0.4) is 0 Å². The lowest BCUT2D eigenvalue weighted by Crippen LogP contribution is -2.55. The lowest BCUT2D eigenvalue weighted by Gasteiger charge is -2.42. The summed E-state index contributed by atoms with van der Waals surface area (Å²) in [6.07, 6.45) is 2.38. The molecule has 1 amide bonds. The zero-order valence-corrected chi connectivity index (χ0v) is 13.0. The third kappa shape index (κ3) is 3.67. The molecule has 0 radical (unpaired) electrons. The van der Waals surface area contributed by atoms with Gasteiger partial charge in [-0.15, -0.1) is 0 Å². The van der Waals surface area contributed by atoms with Gasteiger partial charge in [0.2, 0.25) is 0 Å². The van der Waals surface area contributed by atoms with Gasteiger partial charge in [-0.2, -0.15) is 0 Å². The van der Waals surface area contributed by atoms with Gasteiger partial charge in [-0.05, 0) is 19.4 Å². The van der Waals surface area contributed by atoms with Gasteiger partial charge in [0.05, 0.1) is 6.54 Å². The third-order valence-electron chi connectivity index (χ3n) is 4.13. The second-order valence-electron chi connectivity index (χ2n) is 5.62. The molecular weight excluding hydrogens is 304 g/mol. The maximum atomic E-state index is 12.1. The molecule has 1 aromatic heterocycles. The van der Waals surface area contributed by atoms with Crippen LogP contribution in [0, 0.1) is 0 Å². The summed E-state index contributed by atoms with van der Waals surface area (Å²) in [6, 6.07) is 0.00629. The van der Waals surface area contributed by atoms with Crippen molar-refractivity contribution in [1.29, 1.82) is 0 Å². The standard InChI is InChI=1S/C14H20N4O5/c1-3-18(7-11(19)20)9-4-8(5-9)16-12(21)10-6-15-14(23)17(2)13(10)22/h6,8-9H,3-5,7H2,1-2H3,(H,15,23)(H,16,21)(H,19,20). The number of hydrogen-bond acceptors (Lipinski definition) is 5. The molecule has 1 aliphatic carbocycles. The van der Waals surface area contributed by atoms with Crippen LogP contribution >= 0.6 is 0 Å². The van der Waals surface area contributed by atoms with Crippen LogP contribution in [-0.2, 0) is 11.8 Å². The molecule has 2 rings (SSSR count). The van der Waals surface area contributed by atoms with Crippen LogP contribution in [0.25, 0.3) is 0 Å². The topological polar surface area (TPSA) is 124 Å². The zero-order valence-electron chi connectivity index (χ0n) is 13.0. The van der Waals surface area contributed by atoms with E-state index < -0.39 is 23.1 Å². The van der Waals surface area contributed by atoms with Gasteiger partial charge in [-0.1, -0.05) is 6.92 Å². The van der Waals surface area contributed by atoms with Crippen molar-refractivity contribution in [2.75, 3.05) is 13.1 Å². The van der Waals surface area contributed by atoms with Crippen molar-refractivity contribution in [2.45, 2.75) is 31.8 Å². The first-order chi connectivity index (χ1) is 10.8. The second kappa shape index (κ2) is 6.78. The first-order valence-corrected chi connectivity index (χ1v) is 7.38. The molecular formula is C14H20N4O5. The lowest BCUT2D eigenvalue weighted by molar-refractivity contribution is -0.139. The van der Waals surface area contributed by atoms with E-state index in [4.69, 9.17) is 5.11 Å². The van der Waals surface area contributed by atoms with Crippen LogP contribution in [0.5, 0.6) is 0 Å². The number of rotatable bonds is 6. The van der Waals surface area contributed by atoms with Crippen molar-refractivity contribution in [3.05, 3.63) is 32.6 Å². The Morgan fingerprint density at radius 3 is 2.65 bits per heavy atom. The Balaban J connectivity index is 1.94. The van der Waals surface area contributed by atoms with E-state index >= 15 is 0 Å². The maximum Gasteiger partial charge on any atom is 0.328 e. The van der Waals surface area contributed by atoms with Crippen molar-refractivity contribution in [3.63, 3.8) is 0 Å². The van der Waals surface area contributed by atoms with Gasteiger partial charge in [0.15, 0.2) is 0 Å².